The molecule has 0 fully saturated rings. The van der Waals surface area contributed by atoms with E-state index in [1.165, 1.54) is 11.3 Å². The molecule has 3 heteroatoms. The first kappa shape index (κ1) is 5.26. The molecule has 0 aromatic heterocycles. The van der Waals surface area contributed by atoms with E-state index in [1.807, 2.05) is 0 Å². The van der Waals surface area contributed by atoms with Crippen LogP contribution in [0, 0.1) is 0 Å². The minimum absolute atomic E-state index is 1.02. The van der Waals surface area contributed by atoms with E-state index >= 15 is 0 Å². The van der Waals surface area contributed by atoms with E-state index in [0.717, 1.165) is 26.1 Å². The zero-order chi connectivity index (χ0) is 6.10. The van der Waals surface area contributed by atoms with E-state index < -0.39 is 0 Å². The summed E-state index contributed by atoms with van der Waals surface area (Å²) in [6, 6.07) is 0. The smallest absolute Gasteiger partial charge is 0.0391 e. The fourth-order valence-corrected chi connectivity index (χ4v) is 1.31. The molecule has 0 atom stereocenters. The van der Waals surface area contributed by atoms with Crippen molar-refractivity contribution in [1.82, 2.24) is 16.2 Å². The first-order chi connectivity index (χ1) is 4.47. The first-order valence-electron chi connectivity index (χ1n) is 3.37. The molecule has 2 rings (SSSR count). The number of nitrogens with one attached hydrogen (secondary N) is 3. The lowest BCUT2D eigenvalue weighted by Gasteiger charge is -2.13. The second-order valence-electron chi connectivity index (χ2n) is 2.49. The predicted molar refractivity (Wildman–Crippen MR) is 35.7 cm³/mol. The molecule has 0 aromatic rings. The molecule has 2 heterocycles. The van der Waals surface area contributed by atoms with Gasteiger partial charge < -0.3 is 10.7 Å². The van der Waals surface area contributed by atoms with Crippen molar-refractivity contribution in [3.05, 3.63) is 11.3 Å². The number of hydrogen-bond donors (Lipinski definition) is 3. The van der Waals surface area contributed by atoms with Crippen LogP contribution in [0.2, 0.25) is 0 Å². The number of hydrazine groups is 1. The van der Waals surface area contributed by atoms with Gasteiger partial charge in [-0.05, 0) is 5.57 Å². The quantitative estimate of drug-likeness (QED) is 0.402. The summed E-state index contributed by atoms with van der Waals surface area (Å²) in [5.74, 6) is 0. The number of rotatable bonds is 0. The van der Waals surface area contributed by atoms with Gasteiger partial charge >= 0.3 is 0 Å². The van der Waals surface area contributed by atoms with Crippen LogP contribution in [0.4, 0.5) is 0 Å². The molecule has 0 saturated heterocycles. The highest BCUT2D eigenvalue weighted by Crippen LogP contribution is 2.10. The van der Waals surface area contributed by atoms with Crippen molar-refractivity contribution >= 4 is 0 Å². The molecule has 0 radical (unpaired) electrons. The molecule has 0 spiro atoms. The summed E-state index contributed by atoms with van der Waals surface area (Å²) in [4.78, 5) is 0. The van der Waals surface area contributed by atoms with E-state index in [4.69, 9.17) is 0 Å². The number of hydrogen-bond acceptors (Lipinski definition) is 3. The average molecular weight is 125 g/mol. The normalized spacial score (nSPS) is 25.8. The van der Waals surface area contributed by atoms with Gasteiger partial charge in [-0.2, -0.15) is 0 Å². The van der Waals surface area contributed by atoms with Crippen molar-refractivity contribution < 1.29 is 0 Å². The van der Waals surface area contributed by atoms with Gasteiger partial charge in [0, 0.05) is 31.8 Å². The molecule has 0 unspecified atom stereocenters. The van der Waals surface area contributed by atoms with E-state index in [-0.39, 0.29) is 0 Å². The van der Waals surface area contributed by atoms with Crippen LogP contribution >= 0.6 is 0 Å². The summed E-state index contributed by atoms with van der Waals surface area (Å²) < 4.78 is 0. The molecular formula is C6H11N3. The summed E-state index contributed by atoms with van der Waals surface area (Å²) >= 11 is 0. The predicted octanol–water partition coefficient (Wildman–Crippen LogP) is -0.658. The lowest BCUT2D eigenvalue weighted by atomic mass is 10.1. The van der Waals surface area contributed by atoms with Crippen molar-refractivity contribution in [2.75, 3.05) is 19.6 Å². The fourth-order valence-electron chi connectivity index (χ4n) is 1.31. The first-order valence-corrected chi connectivity index (χ1v) is 3.37. The van der Waals surface area contributed by atoms with Crippen molar-refractivity contribution in [2.45, 2.75) is 6.42 Å². The third-order valence-electron chi connectivity index (χ3n) is 1.86. The average Bonchev–Trinajstić information content (AvgIpc) is 2.33. The summed E-state index contributed by atoms with van der Waals surface area (Å²) in [6.45, 7) is 3.20. The molecule has 0 amide bonds. The summed E-state index contributed by atoms with van der Waals surface area (Å²) in [6.07, 6.45) is 1.16. The van der Waals surface area contributed by atoms with Gasteiger partial charge in [-0.3, -0.25) is 0 Å². The van der Waals surface area contributed by atoms with Crippen molar-refractivity contribution in [3.8, 4) is 0 Å². The maximum atomic E-state index is 3.32. The largest absolute Gasteiger partial charge is 0.325 e. The molecular weight excluding hydrogens is 114 g/mol. The maximum absolute atomic E-state index is 3.32. The van der Waals surface area contributed by atoms with Gasteiger partial charge in [-0.1, -0.05) is 0 Å². The third-order valence-corrected chi connectivity index (χ3v) is 1.86. The minimum atomic E-state index is 1.02. The van der Waals surface area contributed by atoms with Crippen LogP contribution in [0.25, 0.3) is 0 Å². The molecule has 0 aliphatic carbocycles. The lowest BCUT2D eigenvalue weighted by molar-refractivity contribution is 0.647. The molecule has 3 N–H and O–H groups in total. The zero-order valence-electron chi connectivity index (χ0n) is 5.33. The van der Waals surface area contributed by atoms with Crippen LogP contribution in [-0.2, 0) is 0 Å². The second-order valence-corrected chi connectivity index (χ2v) is 2.49. The maximum Gasteiger partial charge on any atom is 0.0391 e. The third kappa shape index (κ3) is 0.821. The van der Waals surface area contributed by atoms with Gasteiger partial charge in [0.05, 0.1) is 0 Å². The van der Waals surface area contributed by atoms with Crippen LogP contribution in [0.3, 0.4) is 0 Å². The van der Waals surface area contributed by atoms with Gasteiger partial charge in [0.1, 0.15) is 0 Å². The Morgan fingerprint density at radius 2 is 2.22 bits per heavy atom. The standard InChI is InChI=1S/C6H11N3/c1-2-7-3-5-4-8-9-6(1)5/h7-9H,1-4H2. The molecule has 0 bridgehead atoms. The molecule has 0 aromatic carbocycles. The Labute approximate surface area is 54.5 Å². The molecule has 2 aliphatic heterocycles. The van der Waals surface area contributed by atoms with Crippen LogP contribution in [0.5, 0.6) is 0 Å². The van der Waals surface area contributed by atoms with Crippen LogP contribution in [-0.4, -0.2) is 19.6 Å². The molecule has 3 nitrogen and oxygen atoms in total. The van der Waals surface area contributed by atoms with Gasteiger partial charge in [0.2, 0.25) is 0 Å². The van der Waals surface area contributed by atoms with Gasteiger partial charge in [0.15, 0.2) is 0 Å². The Morgan fingerprint density at radius 3 is 3.11 bits per heavy atom. The van der Waals surface area contributed by atoms with E-state index in [1.54, 1.807) is 0 Å². The summed E-state index contributed by atoms with van der Waals surface area (Å²) in [7, 11) is 0. The van der Waals surface area contributed by atoms with Crippen molar-refractivity contribution in [3.63, 3.8) is 0 Å². The highest BCUT2D eigenvalue weighted by Gasteiger charge is 2.15. The molecule has 2 aliphatic rings. The van der Waals surface area contributed by atoms with Crippen LogP contribution < -0.4 is 16.2 Å². The molecule has 0 saturated carbocycles. The Kier molecular flexibility index (Phi) is 1.17. The second kappa shape index (κ2) is 2.01. The summed E-state index contributed by atoms with van der Waals surface area (Å²) in [5.41, 5.74) is 9.16. The SMILES string of the molecule is C1CC2=C(CN1)CNN2. The van der Waals surface area contributed by atoms with Gasteiger partial charge in [-0.15, -0.1) is 0 Å². The minimum Gasteiger partial charge on any atom is -0.325 e. The summed E-state index contributed by atoms with van der Waals surface area (Å²) in [5, 5.41) is 3.32. The van der Waals surface area contributed by atoms with Crippen LogP contribution in [0.15, 0.2) is 11.3 Å². The Hall–Kier alpha value is -0.540. The molecule has 9 heavy (non-hydrogen) atoms. The Balaban J connectivity index is 2.17. The zero-order valence-corrected chi connectivity index (χ0v) is 5.33. The van der Waals surface area contributed by atoms with Gasteiger partial charge in [-0.25, -0.2) is 5.43 Å². The topological polar surface area (TPSA) is 36.1 Å². The van der Waals surface area contributed by atoms with E-state index in [2.05, 4.69) is 16.2 Å². The highest BCUT2D eigenvalue weighted by atomic mass is 15.4. The van der Waals surface area contributed by atoms with Crippen molar-refractivity contribution in [2.24, 2.45) is 0 Å². The van der Waals surface area contributed by atoms with Crippen molar-refractivity contribution in [1.29, 1.82) is 0 Å². The Morgan fingerprint density at radius 1 is 1.22 bits per heavy atom. The van der Waals surface area contributed by atoms with Crippen LogP contribution in [0.1, 0.15) is 6.42 Å². The Bertz CT molecular complexity index is 134. The molecule has 50 valence electrons. The van der Waals surface area contributed by atoms with Gasteiger partial charge in [0.25, 0.3) is 0 Å². The van der Waals surface area contributed by atoms with E-state index in [0.29, 0.717) is 0 Å². The lowest BCUT2D eigenvalue weighted by Crippen LogP contribution is -2.26. The fraction of sp³-hybridized carbons (Fsp3) is 0.667. The van der Waals surface area contributed by atoms with E-state index in [9.17, 15) is 0 Å². The highest BCUT2D eigenvalue weighted by molar-refractivity contribution is 5.21. The monoisotopic (exact) mass is 125 g/mol.